The lowest BCUT2D eigenvalue weighted by Gasteiger charge is -2.14. The number of halogens is 2. The Labute approximate surface area is 129 Å². The van der Waals surface area contributed by atoms with Crippen molar-refractivity contribution in [2.24, 2.45) is 5.73 Å². The molecule has 0 radical (unpaired) electrons. The summed E-state index contributed by atoms with van der Waals surface area (Å²) in [5, 5.41) is 0. The van der Waals surface area contributed by atoms with E-state index in [0.717, 1.165) is 25.8 Å². The molecule has 0 spiro atoms. The summed E-state index contributed by atoms with van der Waals surface area (Å²) in [5.74, 6) is 0.804. The monoisotopic (exact) mass is 384 g/mol. The number of ether oxygens (including phenoxy) is 1. The van der Waals surface area contributed by atoms with Crippen LogP contribution in [0.4, 0.5) is 0 Å². The molecule has 1 aromatic heterocycles. The zero-order valence-corrected chi connectivity index (χ0v) is 13.6. The number of nitrogens with zero attached hydrogens (tertiary/aromatic N) is 1. The predicted molar refractivity (Wildman–Crippen MR) is 83.0 cm³/mol. The third-order valence-corrected chi connectivity index (χ3v) is 3.55. The van der Waals surface area contributed by atoms with Crippen molar-refractivity contribution in [2.75, 3.05) is 0 Å². The van der Waals surface area contributed by atoms with Crippen LogP contribution in [0.5, 0.6) is 5.75 Å². The van der Waals surface area contributed by atoms with E-state index in [1.54, 1.807) is 12.4 Å². The molecule has 100 valence electrons. The third kappa shape index (κ3) is 4.03. The first kappa shape index (κ1) is 14.5. The maximum Gasteiger partial charge on any atom is 0.124 e. The smallest absolute Gasteiger partial charge is 0.124 e. The normalized spacial score (nSPS) is 12.2. The fourth-order valence-corrected chi connectivity index (χ4v) is 2.49. The van der Waals surface area contributed by atoms with Gasteiger partial charge in [-0.15, -0.1) is 0 Å². The lowest BCUT2D eigenvalue weighted by atomic mass is 10.1. The molecule has 5 heteroatoms. The zero-order valence-electron chi connectivity index (χ0n) is 10.4. The molecule has 0 saturated heterocycles. The molecular formula is C14H14Br2N2O. The lowest BCUT2D eigenvalue weighted by Crippen LogP contribution is -2.08. The Balaban J connectivity index is 2.15. The molecule has 2 rings (SSSR count). The van der Waals surface area contributed by atoms with E-state index >= 15 is 0 Å². The van der Waals surface area contributed by atoms with Gasteiger partial charge in [-0.3, -0.25) is 4.98 Å². The van der Waals surface area contributed by atoms with Crippen LogP contribution >= 0.6 is 31.9 Å². The maximum atomic E-state index is 5.96. The van der Waals surface area contributed by atoms with E-state index in [4.69, 9.17) is 10.5 Å². The predicted octanol–water partition coefficient (Wildman–Crippen LogP) is 4.21. The summed E-state index contributed by atoms with van der Waals surface area (Å²) < 4.78 is 7.77. The lowest BCUT2D eigenvalue weighted by molar-refractivity contribution is 0.301. The number of rotatable bonds is 4. The molecule has 3 nitrogen and oxygen atoms in total. The molecule has 2 aromatic rings. The van der Waals surface area contributed by atoms with Crippen molar-refractivity contribution in [2.45, 2.75) is 19.6 Å². The van der Waals surface area contributed by atoms with Gasteiger partial charge in [0, 0.05) is 38.5 Å². The van der Waals surface area contributed by atoms with Gasteiger partial charge in [-0.1, -0.05) is 15.9 Å². The van der Waals surface area contributed by atoms with E-state index < -0.39 is 0 Å². The van der Waals surface area contributed by atoms with Gasteiger partial charge < -0.3 is 10.5 Å². The Morgan fingerprint density at radius 3 is 2.68 bits per heavy atom. The van der Waals surface area contributed by atoms with Crippen molar-refractivity contribution in [3.8, 4) is 5.75 Å². The van der Waals surface area contributed by atoms with Crippen molar-refractivity contribution in [3.63, 3.8) is 0 Å². The summed E-state index contributed by atoms with van der Waals surface area (Å²) in [6.07, 6.45) is 3.53. The molecule has 0 unspecified atom stereocenters. The minimum Gasteiger partial charge on any atom is -0.489 e. The average Bonchev–Trinajstić information content (AvgIpc) is 2.37. The van der Waals surface area contributed by atoms with E-state index in [0.29, 0.717) is 6.61 Å². The number of hydrogen-bond acceptors (Lipinski definition) is 3. The van der Waals surface area contributed by atoms with E-state index in [-0.39, 0.29) is 6.04 Å². The van der Waals surface area contributed by atoms with Crippen LogP contribution in [-0.4, -0.2) is 4.98 Å². The largest absolute Gasteiger partial charge is 0.489 e. The van der Waals surface area contributed by atoms with Gasteiger partial charge in [-0.2, -0.15) is 0 Å². The topological polar surface area (TPSA) is 48.1 Å². The van der Waals surface area contributed by atoms with Gasteiger partial charge in [0.15, 0.2) is 0 Å². The quantitative estimate of drug-likeness (QED) is 0.857. The molecule has 1 atom stereocenters. The van der Waals surface area contributed by atoms with Crippen LogP contribution in [0.1, 0.15) is 24.1 Å². The minimum atomic E-state index is -0.0758. The molecular weight excluding hydrogens is 372 g/mol. The van der Waals surface area contributed by atoms with Crippen LogP contribution in [0.3, 0.4) is 0 Å². The molecule has 19 heavy (non-hydrogen) atoms. The fourth-order valence-electron chi connectivity index (χ4n) is 1.70. The van der Waals surface area contributed by atoms with Crippen molar-refractivity contribution in [3.05, 3.63) is 56.7 Å². The number of nitrogens with two attached hydrogens (primary N) is 1. The van der Waals surface area contributed by atoms with Gasteiger partial charge in [0.25, 0.3) is 0 Å². The Kier molecular flexibility index (Phi) is 4.96. The molecule has 0 bridgehead atoms. The molecule has 1 heterocycles. The van der Waals surface area contributed by atoms with Crippen molar-refractivity contribution in [1.29, 1.82) is 0 Å². The molecule has 0 fully saturated rings. The van der Waals surface area contributed by atoms with Gasteiger partial charge in [-0.05, 0) is 47.1 Å². The van der Waals surface area contributed by atoms with Crippen LogP contribution in [-0.2, 0) is 6.61 Å². The summed E-state index contributed by atoms with van der Waals surface area (Å²) in [7, 11) is 0. The van der Waals surface area contributed by atoms with Crippen LogP contribution < -0.4 is 10.5 Å². The summed E-state index contributed by atoms with van der Waals surface area (Å²) in [5.41, 5.74) is 7.95. The summed E-state index contributed by atoms with van der Waals surface area (Å²) in [4.78, 5) is 4.11. The standard InChI is InChI=1S/C14H14Br2N2O/c1-9(17)13-5-11(15)2-3-14(13)19-8-10-4-12(16)7-18-6-10/h2-7,9H,8,17H2,1H3/t9-/m0/s1. The van der Waals surface area contributed by atoms with Gasteiger partial charge >= 0.3 is 0 Å². The first-order chi connectivity index (χ1) is 9.06. The first-order valence-electron chi connectivity index (χ1n) is 5.83. The molecule has 0 aliphatic rings. The highest BCUT2D eigenvalue weighted by Crippen LogP contribution is 2.28. The third-order valence-electron chi connectivity index (χ3n) is 2.62. The van der Waals surface area contributed by atoms with Gasteiger partial charge in [0.05, 0.1) is 0 Å². The molecule has 2 N–H and O–H groups in total. The van der Waals surface area contributed by atoms with E-state index in [1.165, 1.54) is 0 Å². The minimum absolute atomic E-state index is 0.0758. The maximum absolute atomic E-state index is 5.96. The second-order valence-electron chi connectivity index (χ2n) is 4.27. The van der Waals surface area contributed by atoms with Crippen molar-refractivity contribution < 1.29 is 4.74 Å². The zero-order chi connectivity index (χ0) is 13.8. The highest BCUT2D eigenvalue weighted by molar-refractivity contribution is 9.10. The van der Waals surface area contributed by atoms with E-state index in [2.05, 4.69) is 36.8 Å². The number of pyridine rings is 1. The molecule has 0 aliphatic heterocycles. The second kappa shape index (κ2) is 6.50. The SMILES string of the molecule is C[C@H](N)c1cc(Br)ccc1OCc1cncc(Br)c1. The molecule has 0 saturated carbocycles. The highest BCUT2D eigenvalue weighted by atomic mass is 79.9. The Morgan fingerprint density at radius 2 is 2.00 bits per heavy atom. The van der Waals surface area contributed by atoms with E-state index in [1.807, 2.05) is 31.2 Å². The van der Waals surface area contributed by atoms with Crippen LogP contribution in [0, 0.1) is 0 Å². The van der Waals surface area contributed by atoms with Crippen LogP contribution in [0.15, 0.2) is 45.6 Å². The number of benzene rings is 1. The Morgan fingerprint density at radius 1 is 1.21 bits per heavy atom. The summed E-state index contributed by atoms with van der Waals surface area (Å²) in [6.45, 7) is 2.41. The highest BCUT2D eigenvalue weighted by Gasteiger charge is 2.09. The van der Waals surface area contributed by atoms with E-state index in [9.17, 15) is 0 Å². The summed E-state index contributed by atoms with van der Waals surface area (Å²) in [6, 6.07) is 7.76. The second-order valence-corrected chi connectivity index (χ2v) is 6.10. The van der Waals surface area contributed by atoms with Crippen LogP contribution in [0.25, 0.3) is 0 Å². The fraction of sp³-hybridized carbons (Fsp3) is 0.214. The molecule has 1 aromatic carbocycles. The van der Waals surface area contributed by atoms with Crippen LogP contribution in [0.2, 0.25) is 0 Å². The molecule has 0 amide bonds. The first-order valence-corrected chi connectivity index (χ1v) is 7.42. The average molecular weight is 386 g/mol. The molecule has 0 aliphatic carbocycles. The van der Waals surface area contributed by atoms with Gasteiger partial charge in [0.1, 0.15) is 12.4 Å². The Hall–Kier alpha value is -0.910. The Bertz CT molecular complexity index is 573. The summed E-state index contributed by atoms with van der Waals surface area (Å²) >= 11 is 6.83. The van der Waals surface area contributed by atoms with Crippen molar-refractivity contribution >= 4 is 31.9 Å². The number of aromatic nitrogens is 1. The number of hydrogen-bond donors (Lipinski definition) is 1. The van der Waals surface area contributed by atoms with Gasteiger partial charge in [0.2, 0.25) is 0 Å². The van der Waals surface area contributed by atoms with Crippen molar-refractivity contribution in [1.82, 2.24) is 4.98 Å². The van der Waals surface area contributed by atoms with Gasteiger partial charge in [-0.25, -0.2) is 0 Å².